The summed E-state index contributed by atoms with van der Waals surface area (Å²) in [5.74, 6) is 0. The van der Waals surface area contributed by atoms with Gasteiger partial charge < -0.3 is 8.85 Å². The maximum atomic E-state index is 6.35. The Balaban J connectivity index is 5.08. The van der Waals surface area contributed by atoms with Gasteiger partial charge in [0.25, 0.3) is 0 Å². The van der Waals surface area contributed by atoms with Gasteiger partial charge in [0.2, 0.25) is 0 Å². The molecule has 0 aromatic heterocycles. The van der Waals surface area contributed by atoms with Gasteiger partial charge in [0, 0.05) is 17.7 Å². The van der Waals surface area contributed by atoms with E-state index in [-0.39, 0.29) is 11.1 Å². The molecule has 0 aliphatic heterocycles. The summed E-state index contributed by atoms with van der Waals surface area (Å²) in [6, 6.07) is 1.08. The molecule has 0 fully saturated rings. The van der Waals surface area contributed by atoms with E-state index in [1.54, 1.807) is 0 Å². The molecule has 0 N–H and O–H groups in total. The van der Waals surface area contributed by atoms with Crippen LogP contribution in [-0.4, -0.2) is 21.3 Å². The van der Waals surface area contributed by atoms with Crippen molar-refractivity contribution in [3.63, 3.8) is 0 Å². The van der Waals surface area contributed by atoms with Crippen molar-refractivity contribution in [3.05, 3.63) is 0 Å². The maximum absolute atomic E-state index is 6.35. The minimum Gasteiger partial charge on any atom is -0.394 e. The van der Waals surface area contributed by atoms with E-state index >= 15 is 0 Å². The van der Waals surface area contributed by atoms with Crippen molar-refractivity contribution < 1.29 is 8.85 Å². The lowest BCUT2D eigenvalue weighted by molar-refractivity contribution is 0.115. The van der Waals surface area contributed by atoms with Crippen molar-refractivity contribution in [1.29, 1.82) is 0 Å². The first-order valence-electron chi connectivity index (χ1n) is 7.25. The normalized spacial score (nSPS) is 17.0. The summed E-state index contributed by atoms with van der Waals surface area (Å²) in [6.07, 6.45) is 1.39. The molecule has 0 radical (unpaired) electrons. The topological polar surface area (TPSA) is 18.5 Å². The van der Waals surface area contributed by atoms with Gasteiger partial charge in [0.1, 0.15) is 0 Å². The fourth-order valence-electron chi connectivity index (χ4n) is 2.09. The Morgan fingerprint density at radius 2 is 1.50 bits per heavy atom. The molecule has 2 nitrogen and oxygen atoms in total. The largest absolute Gasteiger partial charge is 0.394 e. The van der Waals surface area contributed by atoms with Gasteiger partial charge in [-0.3, -0.25) is 0 Å². The lowest BCUT2D eigenvalue weighted by Gasteiger charge is -2.43. The van der Waals surface area contributed by atoms with E-state index in [2.05, 4.69) is 62.3 Å². The van der Waals surface area contributed by atoms with Crippen molar-refractivity contribution in [3.8, 4) is 0 Å². The molecule has 1 unspecified atom stereocenters. The second kappa shape index (κ2) is 6.53. The molecule has 0 aromatic carbocycles. The van der Waals surface area contributed by atoms with Crippen LogP contribution >= 0.6 is 0 Å². The Bertz CT molecular complexity index is 238. The standard InChI is InChI=1S/C15H34O2Si/c1-10-16-18(15(7,8)9,17-13(2)3)12-11-14(4,5)6/h13H,10-12H2,1-9H3. The minimum absolute atomic E-state index is 0.110. The van der Waals surface area contributed by atoms with Crippen LogP contribution in [0.15, 0.2) is 0 Å². The van der Waals surface area contributed by atoms with Gasteiger partial charge >= 0.3 is 8.56 Å². The summed E-state index contributed by atoms with van der Waals surface area (Å²) in [5, 5.41) is 0.110. The molecule has 3 heteroatoms. The smallest absolute Gasteiger partial charge is 0.343 e. The van der Waals surface area contributed by atoms with Crippen LogP contribution in [0.4, 0.5) is 0 Å². The quantitative estimate of drug-likeness (QED) is 0.625. The molecule has 0 heterocycles. The van der Waals surface area contributed by atoms with E-state index in [1.807, 2.05) is 0 Å². The first-order valence-corrected chi connectivity index (χ1v) is 9.28. The average Bonchev–Trinajstić information content (AvgIpc) is 2.10. The summed E-state index contributed by atoms with van der Waals surface area (Å²) >= 11 is 0. The van der Waals surface area contributed by atoms with Gasteiger partial charge in [-0.05, 0) is 38.7 Å². The number of rotatable bonds is 6. The third-order valence-corrected chi connectivity index (χ3v) is 7.95. The molecule has 0 aromatic rings. The molecule has 0 spiro atoms. The van der Waals surface area contributed by atoms with Crippen LogP contribution in [0.2, 0.25) is 11.1 Å². The zero-order chi connectivity index (χ0) is 14.6. The lowest BCUT2D eigenvalue weighted by Crippen LogP contribution is -2.52. The second-order valence-corrected chi connectivity index (χ2v) is 11.7. The zero-order valence-electron chi connectivity index (χ0n) is 14.0. The molecule has 0 bridgehead atoms. The molecular formula is C15H34O2Si. The maximum Gasteiger partial charge on any atom is 0.343 e. The minimum atomic E-state index is -2.17. The molecule has 0 aliphatic rings. The monoisotopic (exact) mass is 274 g/mol. The highest BCUT2D eigenvalue weighted by Gasteiger charge is 2.49. The fourth-order valence-corrected chi connectivity index (χ4v) is 6.26. The van der Waals surface area contributed by atoms with Crippen LogP contribution in [0.25, 0.3) is 0 Å². The van der Waals surface area contributed by atoms with E-state index in [4.69, 9.17) is 8.85 Å². The first kappa shape index (κ1) is 18.1. The molecule has 0 saturated heterocycles. The Morgan fingerprint density at radius 1 is 1.00 bits per heavy atom. The Hall–Kier alpha value is 0.137. The van der Waals surface area contributed by atoms with E-state index in [0.29, 0.717) is 5.41 Å². The van der Waals surface area contributed by atoms with Crippen LogP contribution in [-0.2, 0) is 8.85 Å². The fraction of sp³-hybridized carbons (Fsp3) is 1.00. The zero-order valence-corrected chi connectivity index (χ0v) is 15.0. The van der Waals surface area contributed by atoms with E-state index in [0.717, 1.165) is 19.1 Å². The predicted octanol–water partition coefficient (Wildman–Crippen LogP) is 5.13. The van der Waals surface area contributed by atoms with Crippen LogP contribution in [0.3, 0.4) is 0 Å². The number of hydrogen-bond acceptors (Lipinski definition) is 2. The lowest BCUT2D eigenvalue weighted by atomic mass is 9.94. The van der Waals surface area contributed by atoms with Crippen molar-refractivity contribution >= 4 is 8.56 Å². The first-order chi connectivity index (χ1) is 7.93. The second-order valence-electron chi connectivity index (χ2n) is 7.66. The van der Waals surface area contributed by atoms with Crippen molar-refractivity contribution in [2.45, 2.75) is 85.9 Å². The van der Waals surface area contributed by atoms with Gasteiger partial charge in [0.05, 0.1) is 0 Å². The molecule has 0 aliphatic carbocycles. The summed E-state index contributed by atoms with van der Waals surface area (Å²) in [7, 11) is -2.17. The third kappa shape index (κ3) is 5.85. The van der Waals surface area contributed by atoms with Gasteiger partial charge in [-0.25, -0.2) is 0 Å². The summed E-state index contributed by atoms with van der Waals surface area (Å²) in [5.41, 5.74) is 0.334. The van der Waals surface area contributed by atoms with E-state index < -0.39 is 8.56 Å². The van der Waals surface area contributed by atoms with Crippen molar-refractivity contribution in [2.75, 3.05) is 6.61 Å². The highest BCUT2D eigenvalue weighted by atomic mass is 28.4. The molecule has 0 rings (SSSR count). The van der Waals surface area contributed by atoms with Crippen molar-refractivity contribution in [1.82, 2.24) is 0 Å². The average molecular weight is 275 g/mol. The molecule has 0 amide bonds. The third-order valence-electron chi connectivity index (χ3n) is 3.15. The van der Waals surface area contributed by atoms with Crippen LogP contribution < -0.4 is 0 Å². The summed E-state index contributed by atoms with van der Waals surface area (Å²) < 4.78 is 12.6. The Kier molecular flexibility index (Phi) is 6.58. The highest BCUT2D eigenvalue weighted by molar-refractivity contribution is 6.70. The molecule has 0 saturated carbocycles. The van der Waals surface area contributed by atoms with Gasteiger partial charge in [0.15, 0.2) is 0 Å². The molecular weight excluding hydrogens is 240 g/mol. The van der Waals surface area contributed by atoms with Gasteiger partial charge in [-0.2, -0.15) is 0 Å². The highest BCUT2D eigenvalue weighted by Crippen LogP contribution is 2.43. The van der Waals surface area contributed by atoms with Crippen LogP contribution in [0, 0.1) is 5.41 Å². The van der Waals surface area contributed by atoms with Crippen LogP contribution in [0.5, 0.6) is 0 Å². The van der Waals surface area contributed by atoms with Gasteiger partial charge in [-0.1, -0.05) is 41.5 Å². The van der Waals surface area contributed by atoms with Crippen LogP contribution in [0.1, 0.15) is 68.7 Å². The van der Waals surface area contributed by atoms with E-state index in [1.165, 1.54) is 0 Å². The Morgan fingerprint density at radius 3 is 1.78 bits per heavy atom. The SMILES string of the molecule is CCO[Si](CCC(C)(C)C)(OC(C)C)C(C)(C)C. The molecule has 1 atom stereocenters. The Labute approximate surface area is 116 Å². The number of hydrogen-bond donors (Lipinski definition) is 0. The van der Waals surface area contributed by atoms with Gasteiger partial charge in [-0.15, -0.1) is 0 Å². The van der Waals surface area contributed by atoms with E-state index in [9.17, 15) is 0 Å². The summed E-state index contributed by atoms with van der Waals surface area (Å²) in [4.78, 5) is 0. The van der Waals surface area contributed by atoms with Crippen molar-refractivity contribution in [2.24, 2.45) is 5.41 Å². The molecule has 18 heavy (non-hydrogen) atoms. The predicted molar refractivity (Wildman–Crippen MR) is 82.2 cm³/mol. The summed E-state index contributed by atoms with van der Waals surface area (Å²) in [6.45, 7) is 20.7. The molecule has 110 valence electrons.